The van der Waals surface area contributed by atoms with E-state index in [0.717, 1.165) is 0 Å². The van der Waals surface area contributed by atoms with Gasteiger partial charge < -0.3 is 5.32 Å². The molecule has 1 amide bonds. The van der Waals surface area contributed by atoms with Gasteiger partial charge in [0.2, 0.25) is 0 Å². The summed E-state index contributed by atoms with van der Waals surface area (Å²) in [4.78, 5) is 15.8. The van der Waals surface area contributed by atoms with Crippen LogP contribution in [-0.2, 0) is 4.79 Å². The second-order valence-corrected chi connectivity index (χ2v) is 4.31. The van der Waals surface area contributed by atoms with Crippen molar-refractivity contribution in [2.75, 3.05) is 5.32 Å². The lowest BCUT2D eigenvalue weighted by atomic mass is 10.1. The molecule has 1 N–H and O–H groups in total. The zero-order valence-electron chi connectivity index (χ0n) is 10.3. The van der Waals surface area contributed by atoms with Gasteiger partial charge in [0, 0.05) is 10.8 Å². The third-order valence-electron chi connectivity index (χ3n) is 3.03. The van der Waals surface area contributed by atoms with Crippen LogP contribution in [0.25, 0.3) is 21.8 Å². The third-order valence-corrected chi connectivity index (χ3v) is 3.03. The van der Waals surface area contributed by atoms with Crippen molar-refractivity contribution in [3.05, 3.63) is 48.5 Å². The second-order valence-electron chi connectivity index (χ2n) is 4.31. The lowest BCUT2D eigenvalue weighted by molar-refractivity contribution is -0.126. The highest BCUT2D eigenvalue weighted by atomic mass is 19.3. The molecule has 0 fully saturated rings. The van der Waals surface area contributed by atoms with Crippen LogP contribution in [0.1, 0.15) is 0 Å². The van der Waals surface area contributed by atoms with Crippen LogP contribution < -0.4 is 5.32 Å². The van der Waals surface area contributed by atoms with Gasteiger partial charge in [-0.05, 0) is 12.1 Å². The fraction of sp³-hybridized carbons (Fsp3) is 0.0667. The van der Waals surface area contributed by atoms with Crippen LogP contribution >= 0.6 is 0 Å². The van der Waals surface area contributed by atoms with E-state index >= 15 is 0 Å². The molecule has 0 saturated carbocycles. The fourth-order valence-electron chi connectivity index (χ4n) is 2.15. The Kier molecular flexibility index (Phi) is 3.02. The number of aromatic nitrogens is 1. The molecule has 20 heavy (non-hydrogen) atoms. The van der Waals surface area contributed by atoms with Gasteiger partial charge in [-0.3, -0.25) is 4.79 Å². The van der Waals surface area contributed by atoms with Crippen LogP contribution in [0.5, 0.6) is 0 Å². The van der Waals surface area contributed by atoms with Crippen molar-refractivity contribution in [3.63, 3.8) is 0 Å². The summed E-state index contributed by atoms with van der Waals surface area (Å²) < 4.78 is 25.0. The van der Waals surface area contributed by atoms with Crippen molar-refractivity contribution >= 4 is 33.4 Å². The first-order chi connectivity index (χ1) is 9.66. The summed E-state index contributed by atoms with van der Waals surface area (Å²) in [5.74, 6) is -1.31. The maximum Gasteiger partial charge on any atom is 0.315 e. The molecule has 0 bridgehead atoms. The van der Waals surface area contributed by atoms with Crippen LogP contribution in [0.2, 0.25) is 0 Å². The molecule has 1 heterocycles. The molecule has 0 aliphatic carbocycles. The van der Waals surface area contributed by atoms with Gasteiger partial charge in [0.15, 0.2) is 0 Å². The van der Waals surface area contributed by atoms with Crippen molar-refractivity contribution in [1.82, 2.24) is 4.98 Å². The van der Waals surface area contributed by atoms with Gasteiger partial charge in [-0.1, -0.05) is 36.4 Å². The van der Waals surface area contributed by atoms with Crippen molar-refractivity contribution in [2.45, 2.75) is 6.43 Å². The highest BCUT2D eigenvalue weighted by Gasteiger charge is 2.18. The van der Waals surface area contributed by atoms with Crippen LogP contribution in [0.4, 0.5) is 14.5 Å². The summed E-state index contributed by atoms with van der Waals surface area (Å²) in [6.45, 7) is 0. The second kappa shape index (κ2) is 4.85. The Morgan fingerprint density at radius 3 is 1.95 bits per heavy atom. The SMILES string of the molecule is O=C(Nc1c2ccccc2nc2ccccc12)C(F)F. The molecule has 5 heteroatoms. The molecule has 0 radical (unpaired) electrons. The Hall–Kier alpha value is -2.56. The van der Waals surface area contributed by atoms with Gasteiger partial charge >= 0.3 is 6.43 Å². The van der Waals surface area contributed by atoms with E-state index in [2.05, 4.69) is 10.3 Å². The predicted molar refractivity (Wildman–Crippen MR) is 73.9 cm³/mol. The Labute approximate surface area is 113 Å². The Morgan fingerprint density at radius 1 is 0.950 bits per heavy atom. The van der Waals surface area contributed by atoms with Crippen LogP contribution in [0.15, 0.2) is 48.5 Å². The third kappa shape index (κ3) is 2.07. The zero-order valence-corrected chi connectivity index (χ0v) is 10.3. The number of fused-ring (bicyclic) bond motifs is 2. The van der Waals surface area contributed by atoms with Crippen LogP contribution in [0, 0.1) is 0 Å². The summed E-state index contributed by atoms with van der Waals surface area (Å²) in [7, 11) is 0. The molecule has 2 aromatic carbocycles. The number of nitrogens with one attached hydrogen (secondary N) is 1. The molecule has 1 aromatic heterocycles. The number of para-hydroxylation sites is 2. The molecule has 3 rings (SSSR count). The maximum atomic E-state index is 12.5. The van der Waals surface area contributed by atoms with E-state index in [1.807, 2.05) is 12.1 Å². The number of benzene rings is 2. The van der Waals surface area contributed by atoms with Crippen molar-refractivity contribution in [2.24, 2.45) is 0 Å². The minimum Gasteiger partial charge on any atom is -0.320 e. The van der Waals surface area contributed by atoms with Crippen molar-refractivity contribution in [1.29, 1.82) is 0 Å². The monoisotopic (exact) mass is 272 g/mol. The molecule has 0 spiro atoms. The average molecular weight is 272 g/mol. The standard InChI is InChI=1S/C15H10F2N2O/c16-14(17)15(20)19-13-9-5-1-3-7-11(9)18-12-8-4-2-6-10(12)13/h1-8,14H,(H,18,19,20). The van der Waals surface area contributed by atoms with Gasteiger partial charge in [-0.15, -0.1) is 0 Å². The molecular formula is C15H10F2N2O. The van der Waals surface area contributed by atoms with Gasteiger partial charge in [0.25, 0.3) is 5.91 Å². The first kappa shape index (κ1) is 12.5. The van der Waals surface area contributed by atoms with E-state index in [1.165, 1.54) is 0 Å². The lowest BCUT2D eigenvalue weighted by Crippen LogP contribution is -2.20. The topological polar surface area (TPSA) is 42.0 Å². The number of nitrogens with zero attached hydrogens (tertiary/aromatic N) is 1. The van der Waals surface area contributed by atoms with E-state index in [0.29, 0.717) is 27.5 Å². The average Bonchev–Trinajstić information content (AvgIpc) is 2.46. The number of halogens is 2. The highest BCUT2D eigenvalue weighted by molar-refractivity contribution is 6.13. The maximum absolute atomic E-state index is 12.5. The van der Waals surface area contributed by atoms with E-state index in [9.17, 15) is 13.6 Å². The van der Waals surface area contributed by atoms with Crippen LogP contribution in [-0.4, -0.2) is 17.3 Å². The Morgan fingerprint density at radius 2 is 1.45 bits per heavy atom. The largest absolute Gasteiger partial charge is 0.320 e. The minimum absolute atomic E-state index is 0.372. The van der Waals surface area contributed by atoms with Gasteiger partial charge in [-0.25, -0.2) is 4.98 Å². The Balaban J connectivity index is 2.30. The normalized spacial score (nSPS) is 11.2. The van der Waals surface area contributed by atoms with Gasteiger partial charge in [0.1, 0.15) is 0 Å². The van der Waals surface area contributed by atoms with Crippen LogP contribution in [0.3, 0.4) is 0 Å². The smallest absolute Gasteiger partial charge is 0.315 e. The van der Waals surface area contributed by atoms with Crippen molar-refractivity contribution < 1.29 is 13.6 Å². The Bertz CT molecular complexity index is 748. The molecule has 100 valence electrons. The highest BCUT2D eigenvalue weighted by Crippen LogP contribution is 2.30. The summed E-state index contributed by atoms with van der Waals surface area (Å²) in [6.07, 6.45) is -3.05. The molecule has 0 unspecified atom stereocenters. The van der Waals surface area contributed by atoms with Gasteiger partial charge in [0.05, 0.1) is 16.7 Å². The summed E-state index contributed by atoms with van der Waals surface area (Å²) in [6, 6.07) is 14.2. The van der Waals surface area contributed by atoms with Crippen molar-refractivity contribution in [3.8, 4) is 0 Å². The predicted octanol–water partition coefficient (Wildman–Crippen LogP) is 3.59. The molecule has 0 aliphatic heterocycles. The molecular weight excluding hydrogens is 262 g/mol. The number of hydrogen-bond donors (Lipinski definition) is 1. The first-order valence-corrected chi connectivity index (χ1v) is 6.03. The zero-order chi connectivity index (χ0) is 14.1. The fourth-order valence-corrected chi connectivity index (χ4v) is 2.15. The van der Waals surface area contributed by atoms with E-state index < -0.39 is 12.3 Å². The summed E-state index contributed by atoms with van der Waals surface area (Å²) >= 11 is 0. The van der Waals surface area contributed by atoms with E-state index in [4.69, 9.17) is 0 Å². The molecule has 3 nitrogen and oxygen atoms in total. The molecule has 0 aliphatic rings. The van der Waals surface area contributed by atoms with E-state index in [1.54, 1.807) is 36.4 Å². The number of carbonyl (C=O) groups excluding carboxylic acids is 1. The molecule has 3 aromatic rings. The lowest BCUT2D eigenvalue weighted by Gasteiger charge is -2.11. The quantitative estimate of drug-likeness (QED) is 0.724. The number of carbonyl (C=O) groups is 1. The number of anilines is 1. The van der Waals surface area contributed by atoms with Gasteiger partial charge in [-0.2, -0.15) is 8.78 Å². The number of rotatable bonds is 2. The number of pyridine rings is 1. The van der Waals surface area contributed by atoms with E-state index in [-0.39, 0.29) is 0 Å². The number of amides is 1. The number of alkyl halides is 2. The number of hydrogen-bond acceptors (Lipinski definition) is 2. The summed E-state index contributed by atoms with van der Waals surface area (Å²) in [5.41, 5.74) is 1.67. The summed E-state index contributed by atoms with van der Waals surface area (Å²) in [5, 5.41) is 3.58. The minimum atomic E-state index is -3.05. The first-order valence-electron chi connectivity index (χ1n) is 6.03. The molecule has 0 saturated heterocycles. The molecule has 0 atom stereocenters.